The molecular weight excluding hydrogens is 202 g/mol. The first kappa shape index (κ1) is 12.5. The molecule has 0 bridgehead atoms. The molecule has 0 aromatic carbocycles. The van der Waals surface area contributed by atoms with Crippen LogP contribution in [0.25, 0.3) is 0 Å². The molecule has 0 aliphatic heterocycles. The minimum Gasteiger partial charge on any atom is -0.385 e. The lowest BCUT2D eigenvalue weighted by molar-refractivity contribution is 0.0949. The summed E-state index contributed by atoms with van der Waals surface area (Å²) in [5.74, 6) is 0.376. The molecule has 0 spiro atoms. The SMILES string of the molecule is CCNc1ccncc1C(=O)NCC(C)C. The summed E-state index contributed by atoms with van der Waals surface area (Å²) in [5, 5.41) is 6.02. The van der Waals surface area contributed by atoms with Gasteiger partial charge in [-0.15, -0.1) is 0 Å². The molecule has 0 radical (unpaired) electrons. The number of anilines is 1. The summed E-state index contributed by atoms with van der Waals surface area (Å²) < 4.78 is 0. The minimum atomic E-state index is -0.0715. The van der Waals surface area contributed by atoms with Gasteiger partial charge in [-0.1, -0.05) is 13.8 Å². The fourth-order valence-corrected chi connectivity index (χ4v) is 1.31. The van der Waals surface area contributed by atoms with E-state index >= 15 is 0 Å². The van der Waals surface area contributed by atoms with Gasteiger partial charge in [-0.2, -0.15) is 0 Å². The molecule has 1 aromatic rings. The number of nitrogens with one attached hydrogen (secondary N) is 2. The van der Waals surface area contributed by atoms with E-state index in [1.807, 2.05) is 13.0 Å². The van der Waals surface area contributed by atoms with Gasteiger partial charge in [0, 0.05) is 25.5 Å². The van der Waals surface area contributed by atoms with Crippen LogP contribution in [0.2, 0.25) is 0 Å². The summed E-state index contributed by atoms with van der Waals surface area (Å²) in [6.45, 7) is 7.59. The molecule has 88 valence electrons. The first-order valence-electron chi connectivity index (χ1n) is 5.61. The quantitative estimate of drug-likeness (QED) is 0.798. The van der Waals surface area contributed by atoms with Crippen LogP contribution >= 0.6 is 0 Å². The highest BCUT2D eigenvalue weighted by molar-refractivity contribution is 5.99. The van der Waals surface area contributed by atoms with Crippen molar-refractivity contribution in [1.29, 1.82) is 0 Å². The van der Waals surface area contributed by atoms with E-state index in [2.05, 4.69) is 29.5 Å². The number of amides is 1. The van der Waals surface area contributed by atoms with Gasteiger partial charge in [0.1, 0.15) is 0 Å². The topological polar surface area (TPSA) is 54.0 Å². The zero-order valence-electron chi connectivity index (χ0n) is 10.1. The zero-order chi connectivity index (χ0) is 12.0. The monoisotopic (exact) mass is 221 g/mol. The fraction of sp³-hybridized carbons (Fsp3) is 0.500. The maximum absolute atomic E-state index is 11.9. The Kier molecular flexibility index (Phi) is 4.76. The van der Waals surface area contributed by atoms with E-state index in [0.29, 0.717) is 18.0 Å². The summed E-state index contributed by atoms with van der Waals surface area (Å²) in [7, 11) is 0. The molecule has 0 unspecified atom stereocenters. The molecule has 0 saturated heterocycles. The maximum Gasteiger partial charge on any atom is 0.254 e. The van der Waals surface area contributed by atoms with Crippen LogP contribution in [0.15, 0.2) is 18.5 Å². The molecule has 1 amide bonds. The van der Waals surface area contributed by atoms with Crippen LogP contribution in [0, 0.1) is 5.92 Å². The lowest BCUT2D eigenvalue weighted by Gasteiger charge is -2.11. The number of nitrogens with zero attached hydrogens (tertiary/aromatic N) is 1. The highest BCUT2D eigenvalue weighted by Crippen LogP contribution is 2.12. The Balaban J connectivity index is 2.73. The highest BCUT2D eigenvalue weighted by atomic mass is 16.1. The van der Waals surface area contributed by atoms with Gasteiger partial charge in [0.05, 0.1) is 11.3 Å². The second-order valence-electron chi connectivity index (χ2n) is 4.06. The minimum absolute atomic E-state index is 0.0715. The van der Waals surface area contributed by atoms with E-state index in [-0.39, 0.29) is 5.91 Å². The number of hydrogen-bond acceptors (Lipinski definition) is 3. The second-order valence-corrected chi connectivity index (χ2v) is 4.06. The highest BCUT2D eigenvalue weighted by Gasteiger charge is 2.10. The van der Waals surface area contributed by atoms with Crippen molar-refractivity contribution in [1.82, 2.24) is 10.3 Å². The van der Waals surface area contributed by atoms with Crippen LogP contribution in [0.1, 0.15) is 31.1 Å². The zero-order valence-corrected chi connectivity index (χ0v) is 10.1. The van der Waals surface area contributed by atoms with E-state index < -0.39 is 0 Å². The normalized spacial score (nSPS) is 10.2. The number of aromatic nitrogens is 1. The predicted octanol–water partition coefficient (Wildman–Crippen LogP) is 1.90. The molecule has 4 nitrogen and oxygen atoms in total. The van der Waals surface area contributed by atoms with Gasteiger partial charge in [-0.05, 0) is 18.9 Å². The largest absolute Gasteiger partial charge is 0.385 e. The van der Waals surface area contributed by atoms with Gasteiger partial charge in [0.2, 0.25) is 0 Å². The van der Waals surface area contributed by atoms with Gasteiger partial charge in [0.15, 0.2) is 0 Å². The van der Waals surface area contributed by atoms with Gasteiger partial charge >= 0.3 is 0 Å². The molecule has 0 aliphatic rings. The van der Waals surface area contributed by atoms with E-state index in [9.17, 15) is 4.79 Å². The molecule has 0 aliphatic carbocycles. The smallest absolute Gasteiger partial charge is 0.254 e. The third-order valence-electron chi connectivity index (χ3n) is 2.10. The summed E-state index contributed by atoms with van der Waals surface area (Å²) in [4.78, 5) is 15.8. The number of carbonyl (C=O) groups excluding carboxylic acids is 1. The Bertz CT molecular complexity index is 350. The summed E-state index contributed by atoms with van der Waals surface area (Å²) >= 11 is 0. The van der Waals surface area contributed by atoms with E-state index in [4.69, 9.17) is 0 Å². The van der Waals surface area contributed by atoms with Crippen molar-refractivity contribution >= 4 is 11.6 Å². The molecule has 1 rings (SSSR count). The molecule has 0 atom stereocenters. The Labute approximate surface area is 96.5 Å². The summed E-state index contributed by atoms with van der Waals surface area (Å²) in [6, 6.07) is 1.81. The van der Waals surface area contributed by atoms with E-state index in [1.165, 1.54) is 0 Å². The van der Waals surface area contributed by atoms with E-state index in [0.717, 1.165) is 12.2 Å². The third kappa shape index (κ3) is 3.53. The van der Waals surface area contributed by atoms with Crippen LogP contribution in [0.3, 0.4) is 0 Å². The average Bonchev–Trinajstić information content (AvgIpc) is 2.27. The van der Waals surface area contributed by atoms with Gasteiger partial charge in [-0.25, -0.2) is 0 Å². The molecule has 0 saturated carbocycles. The maximum atomic E-state index is 11.9. The lowest BCUT2D eigenvalue weighted by Crippen LogP contribution is -2.28. The summed E-state index contributed by atoms with van der Waals surface area (Å²) in [6.07, 6.45) is 3.27. The predicted molar refractivity (Wildman–Crippen MR) is 65.6 cm³/mol. The Hall–Kier alpha value is -1.58. The van der Waals surface area contributed by atoms with Crippen molar-refractivity contribution in [2.75, 3.05) is 18.4 Å². The number of pyridine rings is 1. The molecule has 4 heteroatoms. The third-order valence-corrected chi connectivity index (χ3v) is 2.10. The Morgan fingerprint density at radius 1 is 1.50 bits per heavy atom. The molecule has 1 heterocycles. The van der Waals surface area contributed by atoms with Crippen molar-refractivity contribution in [3.8, 4) is 0 Å². The van der Waals surface area contributed by atoms with Crippen molar-refractivity contribution < 1.29 is 4.79 Å². The van der Waals surface area contributed by atoms with Gasteiger partial charge in [0.25, 0.3) is 5.91 Å². The average molecular weight is 221 g/mol. The van der Waals surface area contributed by atoms with Crippen molar-refractivity contribution in [2.24, 2.45) is 5.92 Å². The van der Waals surface area contributed by atoms with Gasteiger partial charge < -0.3 is 10.6 Å². The Morgan fingerprint density at radius 3 is 2.88 bits per heavy atom. The first-order chi connectivity index (χ1) is 7.65. The fourth-order valence-electron chi connectivity index (χ4n) is 1.31. The number of rotatable bonds is 5. The van der Waals surface area contributed by atoms with Crippen molar-refractivity contribution in [3.05, 3.63) is 24.0 Å². The van der Waals surface area contributed by atoms with Gasteiger partial charge in [-0.3, -0.25) is 9.78 Å². The number of carbonyl (C=O) groups is 1. The molecule has 1 aromatic heterocycles. The van der Waals surface area contributed by atoms with Crippen LogP contribution < -0.4 is 10.6 Å². The van der Waals surface area contributed by atoms with E-state index in [1.54, 1.807) is 12.4 Å². The molecule has 2 N–H and O–H groups in total. The number of hydrogen-bond donors (Lipinski definition) is 2. The van der Waals surface area contributed by atoms with Crippen LogP contribution in [0.4, 0.5) is 5.69 Å². The van der Waals surface area contributed by atoms with Crippen molar-refractivity contribution in [3.63, 3.8) is 0 Å². The molecule has 0 fully saturated rings. The van der Waals surface area contributed by atoms with Crippen LogP contribution in [-0.4, -0.2) is 24.0 Å². The molecule has 16 heavy (non-hydrogen) atoms. The lowest BCUT2D eigenvalue weighted by atomic mass is 10.2. The molecular formula is C12H19N3O. The van der Waals surface area contributed by atoms with Crippen molar-refractivity contribution in [2.45, 2.75) is 20.8 Å². The first-order valence-corrected chi connectivity index (χ1v) is 5.61. The van der Waals surface area contributed by atoms with Crippen LogP contribution in [-0.2, 0) is 0 Å². The summed E-state index contributed by atoms with van der Waals surface area (Å²) in [5.41, 5.74) is 1.43. The second kappa shape index (κ2) is 6.10. The Morgan fingerprint density at radius 2 is 2.25 bits per heavy atom. The standard InChI is InChI=1S/C12H19N3O/c1-4-14-11-5-6-13-8-10(11)12(16)15-7-9(2)3/h5-6,8-9H,4,7H2,1-3H3,(H,13,14)(H,15,16). The van der Waals surface area contributed by atoms with Crippen LogP contribution in [0.5, 0.6) is 0 Å².